The summed E-state index contributed by atoms with van der Waals surface area (Å²) in [6, 6.07) is 0. The van der Waals surface area contributed by atoms with Crippen LogP contribution < -0.4 is 11.1 Å². The molecule has 0 aliphatic carbocycles. The topological polar surface area (TPSA) is 114 Å². The molecule has 1 unspecified atom stereocenters. The van der Waals surface area contributed by atoms with Crippen LogP contribution in [-0.4, -0.2) is 34.2 Å². The number of amides is 1. The van der Waals surface area contributed by atoms with Crippen molar-refractivity contribution < 1.29 is 14.4 Å². The van der Waals surface area contributed by atoms with E-state index in [1.54, 1.807) is 6.92 Å². The summed E-state index contributed by atoms with van der Waals surface area (Å²) in [7, 11) is 0. The van der Waals surface area contributed by atoms with Gasteiger partial charge in [-0.3, -0.25) is 4.79 Å². The fourth-order valence-corrected chi connectivity index (χ4v) is 0.803. The van der Waals surface area contributed by atoms with Gasteiger partial charge in [0, 0.05) is 13.1 Å². The third kappa shape index (κ3) is 2.27. The van der Waals surface area contributed by atoms with Crippen molar-refractivity contribution in [2.24, 2.45) is 5.73 Å². The number of nitrogens with two attached hydrogens (primary N) is 1. The number of rotatable bonds is 4. The summed E-state index contributed by atoms with van der Waals surface area (Å²) in [5.41, 5.74) is 5.17. The number of hydrogen-bond donors (Lipinski definition) is 3. The first-order valence-electron chi connectivity index (χ1n) is 4.19. The van der Waals surface area contributed by atoms with E-state index in [0.717, 1.165) is 0 Å². The van der Waals surface area contributed by atoms with Gasteiger partial charge in [-0.25, -0.2) is 0 Å². The minimum atomic E-state index is -1.02. The van der Waals surface area contributed by atoms with Crippen LogP contribution in [0.4, 0.5) is 0 Å². The van der Waals surface area contributed by atoms with Crippen molar-refractivity contribution in [2.45, 2.75) is 13.0 Å². The molecule has 0 saturated heterocycles. The van der Waals surface area contributed by atoms with Gasteiger partial charge in [0.15, 0.2) is 0 Å². The second kappa shape index (κ2) is 4.68. The number of hydrogen-bond acceptors (Lipinski definition) is 6. The van der Waals surface area contributed by atoms with Crippen molar-refractivity contribution in [3.63, 3.8) is 0 Å². The highest BCUT2D eigenvalue weighted by atomic mass is 16.5. The third-order valence-electron chi connectivity index (χ3n) is 1.49. The Bertz CT molecular complexity index is 312. The lowest BCUT2D eigenvalue weighted by Crippen LogP contribution is -2.24. The average molecular weight is 200 g/mol. The molecule has 0 aliphatic rings. The van der Waals surface area contributed by atoms with Crippen LogP contribution >= 0.6 is 0 Å². The molecule has 0 saturated carbocycles. The Morgan fingerprint density at radius 3 is 3.07 bits per heavy atom. The average Bonchev–Trinajstić information content (AvgIpc) is 2.66. The summed E-state index contributed by atoms with van der Waals surface area (Å²) >= 11 is 0. The number of carbonyl (C=O) groups is 1. The number of carbonyl (C=O) groups excluding carboxylic acids is 1. The van der Waals surface area contributed by atoms with E-state index < -0.39 is 12.0 Å². The highest BCUT2D eigenvalue weighted by Gasteiger charge is 2.18. The monoisotopic (exact) mass is 200 g/mol. The predicted molar refractivity (Wildman–Crippen MR) is 46.3 cm³/mol. The van der Waals surface area contributed by atoms with E-state index in [9.17, 15) is 9.90 Å². The Hall–Kier alpha value is -1.47. The molecule has 1 amide bonds. The zero-order valence-electron chi connectivity index (χ0n) is 7.73. The second-order valence-corrected chi connectivity index (χ2v) is 2.57. The summed E-state index contributed by atoms with van der Waals surface area (Å²) in [6.07, 6.45) is -1.02. The maximum absolute atomic E-state index is 11.2. The number of nitrogens with one attached hydrogen (secondary N) is 1. The van der Waals surface area contributed by atoms with Crippen LogP contribution in [0.5, 0.6) is 0 Å². The van der Waals surface area contributed by atoms with Gasteiger partial charge >= 0.3 is 0 Å². The van der Waals surface area contributed by atoms with E-state index in [-0.39, 0.29) is 18.3 Å². The lowest BCUT2D eigenvalue weighted by atomic mass is 10.3. The van der Waals surface area contributed by atoms with Gasteiger partial charge in [-0.15, -0.1) is 0 Å². The standard InChI is InChI=1S/C7H12N4O3/c1-2-9-6(13)5-10-7(14-11-5)4(12)3-8/h4,12H,2-3,8H2,1H3,(H,9,13). The van der Waals surface area contributed by atoms with E-state index in [4.69, 9.17) is 5.73 Å². The van der Waals surface area contributed by atoms with Crippen LogP contribution in [0.15, 0.2) is 4.52 Å². The molecule has 0 bridgehead atoms. The predicted octanol–water partition coefficient (Wildman–Crippen LogP) is -1.19. The Kier molecular flexibility index (Phi) is 3.55. The minimum absolute atomic E-state index is 0.0307. The van der Waals surface area contributed by atoms with Crippen molar-refractivity contribution in [2.75, 3.05) is 13.1 Å². The molecule has 7 heteroatoms. The van der Waals surface area contributed by atoms with E-state index in [0.29, 0.717) is 6.54 Å². The lowest BCUT2D eigenvalue weighted by molar-refractivity contribution is 0.0942. The van der Waals surface area contributed by atoms with Gasteiger partial charge in [-0.05, 0) is 6.92 Å². The van der Waals surface area contributed by atoms with Gasteiger partial charge < -0.3 is 20.7 Å². The molecule has 7 nitrogen and oxygen atoms in total. The molecule has 4 N–H and O–H groups in total. The number of aromatic nitrogens is 2. The Morgan fingerprint density at radius 1 is 1.79 bits per heavy atom. The summed E-state index contributed by atoms with van der Waals surface area (Å²) < 4.78 is 4.63. The van der Waals surface area contributed by atoms with E-state index in [1.807, 2.05) is 0 Å². The van der Waals surface area contributed by atoms with Crippen molar-refractivity contribution in [3.8, 4) is 0 Å². The maximum Gasteiger partial charge on any atom is 0.292 e. The normalized spacial score (nSPS) is 12.5. The molecule has 0 aliphatic heterocycles. The number of nitrogens with zero attached hydrogens (tertiary/aromatic N) is 2. The van der Waals surface area contributed by atoms with Crippen LogP contribution in [-0.2, 0) is 0 Å². The molecule has 0 spiro atoms. The summed E-state index contributed by atoms with van der Waals surface area (Å²) in [4.78, 5) is 14.8. The van der Waals surface area contributed by atoms with Crippen molar-refractivity contribution in [1.29, 1.82) is 0 Å². The number of aliphatic hydroxyl groups is 1. The fourth-order valence-electron chi connectivity index (χ4n) is 0.803. The van der Waals surface area contributed by atoms with Crippen LogP contribution in [0.3, 0.4) is 0 Å². The molecule has 0 radical (unpaired) electrons. The lowest BCUT2D eigenvalue weighted by Gasteiger charge is -1.98. The fraction of sp³-hybridized carbons (Fsp3) is 0.571. The molecule has 0 aromatic carbocycles. The van der Waals surface area contributed by atoms with E-state index in [1.165, 1.54) is 0 Å². The third-order valence-corrected chi connectivity index (χ3v) is 1.49. The Balaban J connectivity index is 2.72. The van der Waals surface area contributed by atoms with Gasteiger partial charge in [0.1, 0.15) is 6.10 Å². The second-order valence-electron chi connectivity index (χ2n) is 2.57. The smallest absolute Gasteiger partial charge is 0.292 e. The Labute approximate surface area is 80.3 Å². The van der Waals surface area contributed by atoms with Crippen LogP contribution in [0.2, 0.25) is 0 Å². The molecule has 0 fully saturated rings. The Morgan fingerprint density at radius 2 is 2.50 bits per heavy atom. The van der Waals surface area contributed by atoms with Crippen molar-refractivity contribution >= 4 is 5.91 Å². The summed E-state index contributed by atoms with van der Waals surface area (Å²) in [5.74, 6) is -0.588. The first-order valence-corrected chi connectivity index (χ1v) is 4.19. The molecule has 1 rings (SSSR count). The van der Waals surface area contributed by atoms with Gasteiger partial charge in [0.05, 0.1) is 0 Å². The van der Waals surface area contributed by atoms with Crippen molar-refractivity contribution in [3.05, 3.63) is 11.7 Å². The number of aliphatic hydroxyl groups excluding tert-OH is 1. The minimum Gasteiger partial charge on any atom is -0.382 e. The first-order chi connectivity index (χ1) is 6.69. The van der Waals surface area contributed by atoms with E-state index >= 15 is 0 Å². The van der Waals surface area contributed by atoms with Gasteiger partial charge in [0.2, 0.25) is 0 Å². The zero-order chi connectivity index (χ0) is 10.6. The molecule has 1 aromatic rings. The highest BCUT2D eigenvalue weighted by Crippen LogP contribution is 2.07. The maximum atomic E-state index is 11.2. The van der Waals surface area contributed by atoms with Gasteiger partial charge in [-0.1, -0.05) is 5.16 Å². The highest BCUT2D eigenvalue weighted by molar-refractivity contribution is 5.90. The largest absolute Gasteiger partial charge is 0.382 e. The zero-order valence-corrected chi connectivity index (χ0v) is 7.73. The molecule has 1 aromatic heterocycles. The van der Waals surface area contributed by atoms with Crippen LogP contribution in [0.25, 0.3) is 0 Å². The summed E-state index contributed by atoms with van der Waals surface area (Å²) in [6.45, 7) is 2.22. The molecule has 78 valence electrons. The van der Waals surface area contributed by atoms with Gasteiger partial charge in [-0.2, -0.15) is 4.98 Å². The van der Waals surface area contributed by atoms with Crippen LogP contribution in [0, 0.1) is 0 Å². The van der Waals surface area contributed by atoms with E-state index in [2.05, 4.69) is 20.0 Å². The SMILES string of the molecule is CCNC(=O)c1noc(C(O)CN)n1. The molecular formula is C7H12N4O3. The molecular weight excluding hydrogens is 188 g/mol. The first kappa shape index (κ1) is 10.6. The van der Waals surface area contributed by atoms with Crippen molar-refractivity contribution in [1.82, 2.24) is 15.5 Å². The molecule has 1 atom stereocenters. The summed E-state index contributed by atoms with van der Waals surface area (Å²) in [5, 5.41) is 15.1. The quantitative estimate of drug-likeness (QED) is 0.563. The molecule has 1 heterocycles. The molecule has 14 heavy (non-hydrogen) atoms. The van der Waals surface area contributed by atoms with Gasteiger partial charge in [0.25, 0.3) is 17.6 Å². The van der Waals surface area contributed by atoms with Crippen LogP contribution in [0.1, 0.15) is 29.5 Å².